The number of nitrogens with zero attached hydrogens (tertiary/aromatic N) is 2. The number of hydrogen-bond donors (Lipinski definition) is 1. The van der Waals surface area contributed by atoms with Gasteiger partial charge in [0.15, 0.2) is 5.16 Å². The molecule has 0 bridgehead atoms. The molecule has 0 spiro atoms. The Labute approximate surface area is 125 Å². The van der Waals surface area contributed by atoms with E-state index in [4.69, 9.17) is 5.11 Å². The summed E-state index contributed by atoms with van der Waals surface area (Å²) in [4.78, 5) is 4.45. The van der Waals surface area contributed by atoms with Crippen molar-refractivity contribution < 1.29 is 5.11 Å². The van der Waals surface area contributed by atoms with Gasteiger partial charge in [-0.1, -0.05) is 24.2 Å². The third-order valence-corrected chi connectivity index (χ3v) is 4.18. The molecule has 0 saturated heterocycles. The molecule has 0 radical (unpaired) electrons. The minimum absolute atomic E-state index is 0.294. The number of aryl methyl sites for hydroxylation is 2. The molecule has 0 unspecified atom stereocenters. The topological polar surface area (TPSA) is 38.0 Å². The minimum Gasteiger partial charge on any atom is -0.396 e. The zero-order valence-corrected chi connectivity index (χ0v) is 13.0. The first-order valence-electron chi connectivity index (χ1n) is 7.06. The molecule has 0 atom stereocenters. The number of benzene rings is 1. The summed E-state index contributed by atoms with van der Waals surface area (Å²) in [5.41, 5.74) is 3.72. The van der Waals surface area contributed by atoms with Crippen LogP contribution in [-0.2, 0) is 0 Å². The Hall–Kier alpha value is -1.26. The van der Waals surface area contributed by atoms with E-state index in [9.17, 15) is 0 Å². The van der Waals surface area contributed by atoms with Crippen LogP contribution in [0.1, 0.15) is 30.4 Å². The number of hydrogen-bond acceptors (Lipinski definition) is 3. The molecule has 0 amide bonds. The lowest BCUT2D eigenvalue weighted by Gasteiger charge is -2.09. The highest BCUT2D eigenvalue weighted by molar-refractivity contribution is 7.99. The molecular weight excluding hydrogens is 268 g/mol. The Bertz CT molecular complexity index is 531. The van der Waals surface area contributed by atoms with Crippen LogP contribution in [0.5, 0.6) is 0 Å². The van der Waals surface area contributed by atoms with Gasteiger partial charge in [-0.25, -0.2) is 4.98 Å². The molecule has 1 N–H and O–H groups in total. The zero-order chi connectivity index (χ0) is 14.4. The van der Waals surface area contributed by atoms with Crippen LogP contribution >= 0.6 is 11.8 Å². The second kappa shape index (κ2) is 7.50. The molecule has 1 heterocycles. The molecule has 108 valence electrons. The molecule has 0 aliphatic rings. The molecule has 3 nitrogen and oxygen atoms in total. The van der Waals surface area contributed by atoms with Gasteiger partial charge in [0.2, 0.25) is 0 Å². The predicted octanol–water partition coefficient (Wildman–Crippen LogP) is 3.74. The number of imidazole rings is 1. The molecule has 2 rings (SSSR count). The summed E-state index contributed by atoms with van der Waals surface area (Å²) in [7, 11) is 0. The lowest BCUT2D eigenvalue weighted by molar-refractivity contribution is 0.284. The summed E-state index contributed by atoms with van der Waals surface area (Å²) in [5, 5.41) is 9.81. The van der Waals surface area contributed by atoms with Gasteiger partial charge in [-0.2, -0.15) is 0 Å². The summed E-state index contributed by atoms with van der Waals surface area (Å²) < 4.78 is 2.15. The van der Waals surface area contributed by atoms with Crippen LogP contribution in [0.3, 0.4) is 0 Å². The Morgan fingerprint density at radius 3 is 2.55 bits per heavy atom. The highest BCUT2D eigenvalue weighted by atomic mass is 32.2. The van der Waals surface area contributed by atoms with Gasteiger partial charge in [-0.15, -0.1) is 0 Å². The fourth-order valence-corrected chi connectivity index (χ4v) is 3.21. The molecule has 20 heavy (non-hydrogen) atoms. The van der Waals surface area contributed by atoms with Gasteiger partial charge in [0, 0.05) is 30.4 Å². The summed E-state index contributed by atoms with van der Waals surface area (Å²) >= 11 is 1.78. The quantitative estimate of drug-likeness (QED) is 0.623. The lowest BCUT2D eigenvalue weighted by atomic mass is 10.1. The molecule has 1 aromatic carbocycles. The first kappa shape index (κ1) is 15.1. The van der Waals surface area contributed by atoms with Crippen molar-refractivity contribution in [3.8, 4) is 5.69 Å². The van der Waals surface area contributed by atoms with Crippen molar-refractivity contribution in [2.24, 2.45) is 0 Å². The lowest BCUT2D eigenvalue weighted by Crippen LogP contribution is -1.97. The van der Waals surface area contributed by atoms with Gasteiger partial charge < -0.3 is 5.11 Å². The predicted molar refractivity (Wildman–Crippen MR) is 84.7 cm³/mol. The maximum absolute atomic E-state index is 8.77. The van der Waals surface area contributed by atoms with E-state index in [0.29, 0.717) is 6.61 Å². The van der Waals surface area contributed by atoms with E-state index in [1.54, 1.807) is 11.8 Å². The Kier molecular flexibility index (Phi) is 5.68. The maximum Gasteiger partial charge on any atom is 0.172 e. The number of unbranched alkanes of at least 4 members (excludes halogenated alkanes) is 2. The van der Waals surface area contributed by atoms with Crippen molar-refractivity contribution in [1.82, 2.24) is 9.55 Å². The Balaban J connectivity index is 2.04. The summed E-state index contributed by atoms with van der Waals surface area (Å²) in [6, 6.07) is 6.55. The highest BCUT2D eigenvalue weighted by Gasteiger charge is 2.06. The van der Waals surface area contributed by atoms with Crippen molar-refractivity contribution in [3.63, 3.8) is 0 Å². The highest BCUT2D eigenvalue weighted by Crippen LogP contribution is 2.23. The van der Waals surface area contributed by atoms with E-state index in [2.05, 4.69) is 41.6 Å². The number of aromatic nitrogens is 2. The average molecular weight is 290 g/mol. The molecule has 4 heteroatoms. The van der Waals surface area contributed by atoms with Crippen molar-refractivity contribution in [2.45, 2.75) is 38.3 Å². The zero-order valence-electron chi connectivity index (χ0n) is 12.2. The SMILES string of the molecule is Cc1cc(C)cc(-n2ccnc2SCCCCCO)c1. The summed E-state index contributed by atoms with van der Waals surface area (Å²) in [5.74, 6) is 1.04. The van der Waals surface area contributed by atoms with Gasteiger partial charge in [0.05, 0.1) is 0 Å². The third-order valence-electron chi connectivity index (χ3n) is 3.13. The number of aliphatic hydroxyl groups excluding tert-OH is 1. The van der Waals surface area contributed by atoms with Gasteiger partial charge in [-0.3, -0.25) is 4.57 Å². The van der Waals surface area contributed by atoms with Crippen LogP contribution in [0.4, 0.5) is 0 Å². The third kappa shape index (κ3) is 4.12. The average Bonchev–Trinajstić information content (AvgIpc) is 2.86. The van der Waals surface area contributed by atoms with Gasteiger partial charge >= 0.3 is 0 Å². The second-order valence-electron chi connectivity index (χ2n) is 5.06. The van der Waals surface area contributed by atoms with Crippen molar-refractivity contribution >= 4 is 11.8 Å². The first-order valence-corrected chi connectivity index (χ1v) is 8.05. The molecule has 2 aromatic rings. The van der Waals surface area contributed by atoms with Crippen LogP contribution in [0.25, 0.3) is 5.69 Å². The first-order chi connectivity index (χ1) is 9.70. The normalized spacial score (nSPS) is 10.9. The molecular formula is C16H22N2OS. The van der Waals surface area contributed by atoms with Gasteiger partial charge in [-0.05, 0) is 49.9 Å². The largest absolute Gasteiger partial charge is 0.396 e. The van der Waals surface area contributed by atoms with E-state index < -0.39 is 0 Å². The summed E-state index contributed by atoms with van der Waals surface area (Å²) in [6.07, 6.45) is 6.96. The fourth-order valence-electron chi connectivity index (χ4n) is 2.24. The van der Waals surface area contributed by atoms with Crippen molar-refractivity contribution in [3.05, 3.63) is 41.7 Å². The van der Waals surface area contributed by atoms with Gasteiger partial charge in [0.25, 0.3) is 0 Å². The number of thioether (sulfide) groups is 1. The number of rotatable bonds is 7. The van der Waals surface area contributed by atoms with Crippen LogP contribution in [0, 0.1) is 13.8 Å². The standard InChI is InChI=1S/C16H22N2OS/c1-13-10-14(2)12-15(11-13)18-7-6-17-16(18)20-9-5-3-4-8-19/h6-7,10-12,19H,3-5,8-9H2,1-2H3. The number of aliphatic hydroxyl groups is 1. The van der Waals surface area contributed by atoms with E-state index in [0.717, 1.165) is 30.2 Å². The minimum atomic E-state index is 0.294. The molecule has 0 saturated carbocycles. The second-order valence-corrected chi connectivity index (χ2v) is 6.12. The van der Waals surface area contributed by atoms with Gasteiger partial charge in [0.1, 0.15) is 0 Å². The van der Waals surface area contributed by atoms with E-state index in [-0.39, 0.29) is 0 Å². The van der Waals surface area contributed by atoms with Crippen molar-refractivity contribution in [1.29, 1.82) is 0 Å². The van der Waals surface area contributed by atoms with Crippen LogP contribution in [0.15, 0.2) is 35.7 Å². The van der Waals surface area contributed by atoms with E-state index >= 15 is 0 Å². The Morgan fingerprint density at radius 2 is 1.85 bits per heavy atom. The maximum atomic E-state index is 8.77. The molecule has 0 aliphatic carbocycles. The van der Waals surface area contributed by atoms with Crippen LogP contribution in [0.2, 0.25) is 0 Å². The molecule has 1 aromatic heterocycles. The summed E-state index contributed by atoms with van der Waals surface area (Å²) in [6.45, 7) is 4.53. The van der Waals surface area contributed by atoms with Crippen LogP contribution in [-0.4, -0.2) is 27.0 Å². The van der Waals surface area contributed by atoms with E-state index in [1.807, 2.05) is 12.4 Å². The smallest absolute Gasteiger partial charge is 0.172 e. The van der Waals surface area contributed by atoms with E-state index in [1.165, 1.54) is 16.8 Å². The molecule has 0 aliphatic heterocycles. The van der Waals surface area contributed by atoms with Crippen molar-refractivity contribution in [2.75, 3.05) is 12.4 Å². The molecule has 0 fully saturated rings. The Morgan fingerprint density at radius 1 is 1.10 bits per heavy atom. The monoisotopic (exact) mass is 290 g/mol. The van der Waals surface area contributed by atoms with Crippen LogP contribution < -0.4 is 0 Å². The fraction of sp³-hybridized carbons (Fsp3) is 0.438.